The number of aromatic nitrogens is 1. The van der Waals surface area contributed by atoms with Crippen LogP contribution in [0.25, 0.3) is 0 Å². The Bertz CT molecular complexity index is 520. The molecule has 0 bridgehead atoms. The molecule has 2 aliphatic rings. The highest BCUT2D eigenvalue weighted by Crippen LogP contribution is 2.40. The van der Waals surface area contributed by atoms with Crippen molar-refractivity contribution in [3.05, 3.63) is 23.9 Å². The molecule has 2 unspecified atom stereocenters. The summed E-state index contributed by atoms with van der Waals surface area (Å²) in [5, 5.41) is 19.7. The zero-order valence-electron chi connectivity index (χ0n) is 11.5. The van der Waals surface area contributed by atoms with E-state index in [4.69, 9.17) is 5.11 Å². The third-order valence-corrected chi connectivity index (χ3v) is 4.71. The van der Waals surface area contributed by atoms with E-state index in [2.05, 4.69) is 9.88 Å². The van der Waals surface area contributed by atoms with E-state index in [-0.39, 0.29) is 11.6 Å². The van der Waals surface area contributed by atoms with E-state index < -0.39 is 11.6 Å². The second-order valence-corrected chi connectivity index (χ2v) is 5.93. The molecule has 1 aliphatic carbocycles. The number of anilines is 1. The van der Waals surface area contributed by atoms with E-state index in [9.17, 15) is 9.90 Å². The second-order valence-electron chi connectivity index (χ2n) is 5.93. The zero-order chi connectivity index (χ0) is 14.2. The Morgan fingerprint density at radius 3 is 3.00 bits per heavy atom. The summed E-state index contributed by atoms with van der Waals surface area (Å²) in [6.07, 6.45) is 4.97. The maximum atomic E-state index is 11.0. The fourth-order valence-corrected chi connectivity index (χ4v) is 3.50. The third kappa shape index (κ3) is 2.38. The molecule has 5 nitrogen and oxygen atoms in total. The lowest BCUT2D eigenvalue weighted by Crippen LogP contribution is -2.53. The molecule has 0 amide bonds. The Morgan fingerprint density at radius 1 is 1.35 bits per heavy atom. The molecule has 0 radical (unpaired) electrons. The van der Waals surface area contributed by atoms with E-state index in [0.717, 1.165) is 38.8 Å². The molecule has 1 saturated heterocycles. The van der Waals surface area contributed by atoms with Crippen LogP contribution in [0.2, 0.25) is 0 Å². The Hall–Kier alpha value is -1.62. The molecule has 2 heterocycles. The van der Waals surface area contributed by atoms with Crippen LogP contribution in [0.5, 0.6) is 0 Å². The predicted octanol–water partition coefficient (Wildman–Crippen LogP) is 1.91. The predicted molar refractivity (Wildman–Crippen MR) is 74.9 cm³/mol. The number of aliphatic hydroxyl groups is 1. The summed E-state index contributed by atoms with van der Waals surface area (Å²) >= 11 is 0. The van der Waals surface area contributed by atoms with Gasteiger partial charge in [-0.15, -0.1) is 0 Å². The van der Waals surface area contributed by atoms with E-state index in [1.165, 1.54) is 12.5 Å². The van der Waals surface area contributed by atoms with Crippen LogP contribution in [0.1, 0.15) is 42.6 Å². The summed E-state index contributed by atoms with van der Waals surface area (Å²) in [4.78, 5) is 17.3. The molecule has 5 heteroatoms. The quantitative estimate of drug-likeness (QED) is 0.863. The molecule has 1 aromatic rings. The molecule has 3 rings (SSSR count). The molecule has 1 aliphatic heterocycles. The smallest absolute Gasteiger partial charge is 0.354 e. The number of carbonyl (C=O) groups is 1. The molecule has 2 fully saturated rings. The van der Waals surface area contributed by atoms with Crippen molar-refractivity contribution in [1.29, 1.82) is 0 Å². The molecule has 2 atom stereocenters. The maximum Gasteiger partial charge on any atom is 0.354 e. The van der Waals surface area contributed by atoms with Gasteiger partial charge in [-0.1, -0.05) is 18.9 Å². The van der Waals surface area contributed by atoms with Crippen LogP contribution in [0.3, 0.4) is 0 Å². The topological polar surface area (TPSA) is 73.7 Å². The van der Waals surface area contributed by atoms with Crippen LogP contribution in [0.4, 0.5) is 5.82 Å². The van der Waals surface area contributed by atoms with Gasteiger partial charge in [0, 0.05) is 19.0 Å². The van der Waals surface area contributed by atoms with Crippen molar-refractivity contribution < 1.29 is 15.0 Å². The van der Waals surface area contributed by atoms with Crippen molar-refractivity contribution in [3.8, 4) is 0 Å². The van der Waals surface area contributed by atoms with Gasteiger partial charge in [-0.2, -0.15) is 0 Å². The highest BCUT2D eigenvalue weighted by molar-refractivity contribution is 5.85. The van der Waals surface area contributed by atoms with Crippen LogP contribution >= 0.6 is 0 Å². The summed E-state index contributed by atoms with van der Waals surface area (Å²) in [5.74, 6) is -0.0177. The highest BCUT2D eigenvalue weighted by atomic mass is 16.4. The number of carboxylic acid groups (broad SMARTS) is 1. The van der Waals surface area contributed by atoms with Gasteiger partial charge in [-0.3, -0.25) is 0 Å². The fraction of sp³-hybridized carbons (Fsp3) is 0.600. The van der Waals surface area contributed by atoms with E-state index >= 15 is 0 Å². The van der Waals surface area contributed by atoms with Crippen molar-refractivity contribution in [2.75, 3.05) is 18.0 Å². The lowest BCUT2D eigenvalue weighted by molar-refractivity contribution is -0.0613. The molecule has 2 N–H and O–H groups in total. The number of hydrogen-bond acceptors (Lipinski definition) is 4. The van der Waals surface area contributed by atoms with E-state index in [1.54, 1.807) is 6.07 Å². The van der Waals surface area contributed by atoms with Crippen LogP contribution in [0.15, 0.2) is 18.2 Å². The summed E-state index contributed by atoms with van der Waals surface area (Å²) in [5.41, 5.74) is -0.439. The summed E-state index contributed by atoms with van der Waals surface area (Å²) in [6.45, 7) is 1.51. The molecule has 0 aromatic carbocycles. The number of carboxylic acids is 1. The molecular formula is C15H20N2O3. The molecule has 0 spiro atoms. The van der Waals surface area contributed by atoms with Gasteiger partial charge < -0.3 is 15.1 Å². The average molecular weight is 276 g/mol. The monoisotopic (exact) mass is 276 g/mol. The Morgan fingerprint density at radius 2 is 2.20 bits per heavy atom. The summed E-state index contributed by atoms with van der Waals surface area (Å²) in [6, 6.07) is 5.08. The van der Waals surface area contributed by atoms with Gasteiger partial charge in [0.05, 0.1) is 5.60 Å². The lowest BCUT2D eigenvalue weighted by atomic mass is 9.71. The van der Waals surface area contributed by atoms with Gasteiger partial charge in [0.15, 0.2) is 5.69 Å². The first-order chi connectivity index (χ1) is 9.58. The minimum Gasteiger partial charge on any atom is -0.477 e. The van der Waals surface area contributed by atoms with Crippen molar-refractivity contribution in [2.45, 2.75) is 37.7 Å². The van der Waals surface area contributed by atoms with Crippen LogP contribution < -0.4 is 4.90 Å². The van der Waals surface area contributed by atoms with E-state index in [1.807, 2.05) is 6.07 Å². The standard InChI is InChI=1S/C15H20N2O3/c18-14(19)12-5-3-6-13(16-12)17-9-8-15(20)7-2-1-4-11(15)10-17/h3,5-6,11,20H,1-2,4,7-10H2,(H,18,19). The van der Waals surface area contributed by atoms with Crippen molar-refractivity contribution in [2.24, 2.45) is 5.92 Å². The van der Waals surface area contributed by atoms with Gasteiger partial charge >= 0.3 is 5.97 Å². The summed E-state index contributed by atoms with van der Waals surface area (Å²) < 4.78 is 0. The SMILES string of the molecule is O=C(O)c1cccc(N2CCC3(O)CCCCC3C2)n1. The van der Waals surface area contributed by atoms with Gasteiger partial charge in [0.2, 0.25) is 0 Å². The first kappa shape index (κ1) is 13.4. The van der Waals surface area contributed by atoms with Gasteiger partial charge in [-0.25, -0.2) is 9.78 Å². The van der Waals surface area contributed by atoms with Gasteiger partial charge in [0.25, 0.3) is 0 Å². The number of fused-ring (bicyclic) bond motifs is 1. The molecule has 1 saturated carbocycles. The average Bonchev–Trinajstić information content (AvgIpc) is 2.46. The number of piperidine rings is 1. The molecule has 108 valence electrons. The van der Waals surface area contributed by atoms with E-state index in [0.29, 0.717) is 5.82 Å². The summed E-state index contributed by atoms with van der Waals surface area (Å²) in [7, 11) is 0. The minimum atomic E-state index is -1.00. The zero-order valence-corrected chi connectivity index (χ0v) is 11.5. The largest absolute Gasteiger partial charge is 0.477 e. The first-order valence-corrected chi connectivity index (χ1v) is 7.26. The Kier molecular flexibility index (Phi) is 3.38. The highest BCUT2D eigenvalue weighted by Gasteiger charge is 2.42. The van der Waals surface area contributed by atoms with Gasteiger partial charge in [-0.05, 0) is 31.4 Å². The minimum absolute atomic E-state index is 0.0759. The van der Waals surface area contributed by atoms with Crippen LogP contribution in [0, 0.1) is 5.92 Å². The first-order valence-electron chi connectivity index (χ1n) is 7.26. The number of nitrogens with zero attached hydrogens (tertiary/aromatic N) is 2. The third-order valence-electron chi connectivity index (χ3n) is 4.71. The Labute approximate surface area is 118 Å². The number of rotatable bonds is 2. The van der Waals surface area contributed by atoms with Gasteiger partial charge in [0.1, 0.15) is 5.82 Å². The van der Waals surface area contributed by atoms with Crippen LogP contribution in [-0.2, 0) is 0 Å². The number of pyridine rings is 1. The van der Waals surface area contributed by atoms with Crippen molar-refractivity contribution in [3.63, 3.8) is 0 Å². The lowest BCUT2D eigenvalue weighted by Gasteiger charge is -2.47. The molecule has 1 aromatic heterocycles. The number of hydrogen-bond donors (Lipinski definition) is 2. The second kappa shape index (κ2) is 5.05. The van der Waals surface area contributed by atoms with Crippen molar-refractivity contribution in [1.82, 2.24) is 4.98 Å². The Balaban J connectivity index is 1.79. The number of aromatic carboxylic acids is 1. The normalized spacial score (nSPS) is 29.9. The van der Waals surface area contributed by atoms with Crippen molar-refractivity contribution >= 4 is 11.8 Å². The maximum absolute atomic E-state index is 11.0. The molecule has 20 heavy (non-hydrogen) atoms. The molecular weight excluding hydrogens is 256 g/mol. The fourth-order valence-electron chi connectivity index (χ4n) is 3.50. The van der Waals surface area contributed by atoms with Crippen LogP contribution in [-0.4, -0.2) is 39.9 Å².